The van der Waals surface area contributed by atoms with Crippen LogP contribution in [0.25, 0.3) is 0 Å². The van der Waals surface area contributed by atoms with E-state index >= 15 is 0 Å². The molecule has 0 aliphatic heterocycles. The molecule has 21 heavy (non-hydrogen) atoms. The van der Waals surface area contributed by atoms with Crippen molar-refractivity contribution in [1.82, 2.24) is 0 Å². The zero-order valence-electron chi connectivity index (χ0n) is 11.9. The molecule has 0 aliphatic carbocycles. The lowest BCUT2D eigenvalue weighted by molar-refractivity contribution is 0.0696. The van der Waals surface area contributed by atoms with Gasteiger partial charge in [-0.25, -0.2) is 4.79 Å². The summed E-state index contributed by atoms with van der Waals surface area (Å²) >= 11 is 1.80. The number of hydrogen-bond acceptors (Lipinski definition) is 3. The Labute approximate surface area is 129 Å². The van der Waals surface area contributed by atoms with Crippen LogP contribution in [0.5, 0.6) is 5.75 Å². The van der Waals surface area contributed by atoms with Gasteiger partial charge >= 0.3 is 5.97 Å². The summed E-state index contributed by atoms with van der Waals surface area (Å²) in [5, 5.41) is 8.91. The molecular weight excluding hydrogens is 284 g/mol. The van der Waals surface area contributed by atoms with Gasteiger partial charge in [-0.1, -0.05) is 35.9 Å². The molecule has 2 aromatic rings. The molecule has 0 saturated carbocycles. The van der Waals surface area contributed by atoms with Crippen molar-refractivity contribution >= 4 is 17.7 Å². The predicted octanol–water partition coefficient (Wildman–Crippen LogP) is 4.01. The highest BCUT2D eigenvalue weighted by Gasteiger charge is 2.03. The van der Waals surface area contributed by atoms with Gasteiger partial charge in [-0.3, -0.25) is 0 Å². The summed E-state index contributed by atoms with van der Waals surface area (Å²) in [6.07, 6.45) is 0. The average Bonchev–Trinajstić information content (AvgIpc) is 2.47. The predicted molar refractivity (Wildman–Crippen MR) is 86.2 cm³/mol. The third kappa shape index (κ3) is 5.16. The zero-order valence-corrected chi connectivity index (χ0v) is 12.7. The van der Waals surface area contributed by atoms with Gasteiger partial charge in [0.2, 0.25) is 0 Å². The number of rotatable bonds is 7. The fourth-order valence-electron chi connectivity index (χ4n) is 1.93. The molecule has 0 amide bonds. The summed E-state index contributed by atoms with van der Waals surface area (Å²) in [5.41, 5.74) is 2.84. The standard InChI is InChI=1S/C17H18O3S/c1-13-4-2-5-14(10-13)12-21-9-8-20-16-7-3-6-15(11-16)17(18)19/h2-7,10-11H,8-9,12H2,1H3,(H,18,19). The molecule has 0 spiro atoms. The highest BCUT2D eigenvalue weighted by molar-refractivity contribution is 7.98. The maximum absolute atomic E-state index is 10.9. The molecule has 4 heteroatoms. The SMILES string of the molecule is Cc1cccc(CSCCOc2cccc(C(=O)O)c2)c1. The number of thioether (sulfide) groups is 1. The molecule has 3 nitrogen and oxygen atoms in total. The smallest absolute Gasteiger partial charge is 0.335 e. The quantitative estimate of drug-likeness (QED) is 0.785. The van der Waals surface area contributed by atoms with E-state index < -0.39 is 5.97 Å². The molecule has 110 valence electrons. The van der Waals surface area contributed by atoms with Crippen LogP contribution in [0.2, 0.25) is 0 Å². The highest BCUT2D eigenvalue weighted by atomic mass is 32.2. The van der Waals surface area contributed by atoms with E-state index in [9.17, 15) is 4.79 Å². The van der Waals surface area contributed by atoms with Crippen LogP contribution in [-0.4, -0.2) is 23.4 Å². The van der Waals surface area contributed by atoms with Gasteiger partial charge in [0.15, 0.2) is 0 Å². The molecule has 0 saturated heterocycles. The van der Waals surface area contributed by atoms with Gasteiger partial charge in [0.1, 0.15) is 5.75 Å². The molecule has 0 fully saturated rings. The molecule has 0 bridgehead atoms. The second kappa shape index (κ2) is 7.74. The third-order valence-electron chi connectivity index (χ3n) is 2.93. The first kappa shape index (κ1) is 15.4. The molecule has 0 aliphatic rings. The Morgan fingerprint density at radius 1 is 1.19 bits per heavy atom. The van der Waals surface area contributed by atoms with Crippen molar-refractivity contribution in [3.63, 3.8) is 0 Å². The summed E-state index contributed by atoms with van der Waals surface area (Å²) in [5.74, 6) is 1.49. The largest absolute Gasteiger partial charge is 0.493 e. The molecule has 2 rings (SSSR count). The number of ether oxygens (including phenoxy) is 1. The van der Waals surface area contributed by atoms with Crippen molar-refractivity contribution < 1.29 is 14.6 Å². The van der Waals surface area contributed by atoms with Crippen molar-refractivity contribution in [2.24, 2.45) is 0 Å². The molecule has 0 radical (unpaired) electrons. The van der Waals surface area contributed by atoms with Gasteiger partial charge in [-0.2, -0.15) is 11.8 Å². The van der Waals surface area contributed by atoms with Crippen LogP contribution >= 0.6 is 11.8 Å². The molecule has 2 aromatic carbocycles. The lowest BCUT2D eigenvalue weighted by Crippen LogP contribution is -2.02. The fraction of sp³-hybridized carbons (Fsp3) is 0.235. The minimum Gasteiger partial charge on any atom is -0.493 e. The topological polar surface area (TPSA) is 46.5 Å². The Kier molecular flexibility index (Phi) is 5.69. The number of carbonyl (C=O) groups is 1. The number of benzene rings is 2. The summed E-state index contributed by atoms with van der Waals surface area (Å²) in [7, 11) is 0. The van der Waals surface area contributed by atoms with Crippen molar-refractivity contribution in [2.45, 2.75) is 12.7 Å². The highest BCUT2D eigenvalue weighted by Crippen LogP contribution is 2.16. The molecule has 1 N–H and O–H groups in total. The average molecular weight is 302 g/mol. The number of aryl methyl sites for hydroxylation is 1. The van der Waals surface area contributed by atoms with Gasteiger partial charge in [0, 0.05) is 11.5 Å². The number of aromatic carboxylic acids is 1. The van der Waals surface area contributed by atoms with E-state index in [1.54, 1.807) is 36.0 Å². The van der Waals surface area contributed by atoms with E-state index in [0.29, 0.717) is 12.4 Å². The number of carboxylic acid groups (broad SMARTS) is 1. The molecule has 0 atom stereocenters. The lowest BCUT2D eigenvalue weighted by Gasteiger charge is -2.07. The summed E-state index contributed by atoms with van der Waals surface area (Å²) < 4.78 is 5.57. The van der Waals surface area contributed by atoms with Gasteiger partial charge in [0.05, 0.1) is 12.2 Å². The van der Waals surface area contributed by atoms with Crippen molar-refractivity contribution in [3.8, 4) is 5.75 Å². The van der Waals surface area contributed by atoms with Gasteiger partial charge in [0.25, 0.3) is 0 Å². The van der Waals surface area contributed by atoms with Crippen LogP contribution in [0.3, 0.4) is 0 Å². The fourth-order valence-corrected chi connectivity index (χ4v) is 2.69. The maximum Gasteiger partial charge on any atom is 0.335 e. The number of carboxylic acids is 1. The van der Waals surface area contributed by atoms with Gasteiger partial charge < -0.3 is 9.84 Å². The van der Waals surface area contributed by atoms with Crippen LogP contribution in [0, 0.1) is 6.92 Å². The van der Waals surface area contributed by atoms with Gasteiger partial charge in [-0.05, 0) is 30.7 Å². The van der Waals surface area contributed by atoms with Crippen molar-refractivity contribution in [2.75, 3.05) is 12.4 Å². The monoisotopic (exact) mass is 302 g/mol. The summed E-state index contributed by atoms with van der Waals surface area (Å²) in [6, 6.07) is 15.0. The van der Waals surface area contributed by atoms with Crippen molar-refractivity contribution in [3.05, 3.63) is 65.2 Å². The van der Waals surface area contributed by atoms with E-state index in [2.05, 4.69) is 31.2 Å². The second-order valence-electron chi connectivity index (χ2n) is 4.72. The lowest BCUT2D eigenvalue weighted by atomic mass is 10.2. The van der Waals surface area contributed by atoms with Crippen molar-refractivity contribution in [1.29, 1.82) is 0 Å². The van der Waals surface area contributed by atoms with Crippen LogP contribution in [0.15, 0.2) is 48.5 Å². The Balaban J connectivity index is 1.72. The zero-order chi connectivity index (χ0) is 15.1. The minimum absolute atomic E-state index is 0.250. The molecule has 0 aromatic heterocycles. The Morgan fingerprint density at radius 2 is 2.00 bits per heavy atom. The van der Waals surface area contributed by atoms with Crippen LogP contribution in [0.1, 0.15) is 21.5 Å². The van der Waals surface area contributed by atoms with Crippen LogP contribution in [-0.2, 0) is 5.75 Å². The molecule has 0 unspecified atom stereocenters. The number of hydrogen-bond donors (Lipinski definition) is 1. The van der Waals surface area contributed by atoms with E-state index in [4.69, 9.17) is 9.84 Å². The van der Waals surface area contributed by atoms with Crippen LogP contribution < -0.4 is 4.74 Å². The Hall–Kier alpha value is -1.94. The Bertz CT molecular complexity index is 610. The molecule has 0 heterocycles. The summed E-state index contributed by atoms with van der Waals surface area (Å²) in [4.78, 5) is 10.9. The first-order valence-electron chi connectivity index (χ1n) is 6.74. The second-order valence-corrected chi connectivity index (χ2v) is 5.83. The van der Waals surface area contributed by atoms with E-state index in [0.717, 1.165) is 11.5 Å². The Morgan fingerprint density at radius 3 is 2.76 bits per heavy atom. The van der Waals surface area contributed by atoms with E-state index in [-0.39, 0.29) is 5.56 Å². The minimum atomic E-state index is -0.936. The molecular formula is C17H18O3S. The van der Waals surface area contributed by atoms with Gasteiger partial charge in [-0.15, -0.1) is 0 Å². The first-order chi connectivity index (χ1) is 10.1. The van der Waals surface area contributed by atoms with E-state index in [1.807, 2.05) is 0 Å². The normalized spacial score (nSPS) is 10.3. The summed E-state index contributed by atoms with van der Waals surface area (Å²) in [6.45, 7) is 2.66. The first-order valence-corrected chi connectivity index (χ1v) is 7.90. The maximum atomic E-state index is 10.9. The van der Waals surface area contributed by atoms with Crippen LogP contribution in [0.4, 0.5) is 0 Å². The third-order valence-corrected chi connectivity index (χ3v) is 3.92. The van der Waals surface area contributed by atoms with E-state index in [1.165, 1.54) is 11.1 Å².